The Morgan fingerprint density at radius 2 is 2.37 bits per heavy atom. The van der Waals surface area contributed by atoms with Gasteiger partial charge in [-0.25, -0.2) is 8.42 Å². The first-order valence-electron chi connectivity index (χ1n) is 6.73. The van der Waals surface area contributed by atoms with Crippen LogP contribution in [0, 0.1) is 5.92 Å². The molecule has 0 amide bonds. The van der Waals surface area contributed by atoms with Crippen molar-refractivity contribution in [3.8, 4) is 0 Å². The van der Waals surface area contributed by atoms with Crippen molar-refractivity contribution < 1.29 is 8.42 Å². The molecule has 0 spiro atoms. The molecule has 6 nitrogen and oxygen atoms in total. The van der Waals surface area contributed by atoms with E-state index in [4.69, 9.17) is 0 Å². The maximum absolute atomic E-state index is 12.5. The van der Waals surface area contributed by atoms with Crippen molar-refractivity contribution in [3.63, 3.8) is 0 Å². The molecule has 0 bridgehead atoms. The molecular formula is C12H22N4O2S. The predicted molar refractivity (Wildman–Crippen MR) is 73.2 cm³/mol. The molecule has 0 radical (unpaired) electrons. The largest absolute Gasteiger partial charge is 0.316 e. The Hall–Kier alpha value is -0.920. The molecule has 2 heterocycles. The molecule has 1 atom stereocenters. The Morgan fingerprint density at radius 3 is 2.89 bits per heavy atom. The van der Waals surface area contributed by atoms with E-state index in [1.165, 1.54) is 10.9 Å². The highest BCUT2D eigenvalue weighted by molar-refractivity contribution is 7.89. The van der Waals surface area contributed by atoms with Crippen molar-refractivity contribution >= 4 is 10.0 Å². The van der Waals surface area contributed by atoms with Gasteiger partial charge in [0.05, 0.1) is 6.20 Å². The molecule has 1 fully saturated rings. The molecule has 1 saturated heterocycles. The molecule has 0 saturated carbocycles. The third-order valence-corrected chi connectivity index (χ3v) is 5.43. The first-order chi connectivity index (χ1) is 9.04. The zero-order valence-electron chi connectivity index (χ0n) is 11.5. The summed E-state index contributed by atoms with van der Waals surface area (Å²) in [6, 6.07) is 0. The van der Waals surface area contributed by atoms with Gasteiger partial charge >= 0.3 is 0 Å². The summed E-state index contributed by atoms with van der Waals surface area (Å²) in [4.78, 5) is 0.278. The van der Waals surface area contributed by atoms with Crippen molar-refractivity contribution in [2.24, 2.45) is 13.0 Å². The van der Waals surface area contributed by atoms with Gasteiger partial charge in [-0.05, 0) is 31.8 Å². The second kappa shape index (κ2) is 6.02. The van der Waals surface area contributed by atoms with E-state index in [9.17, 15) is 8.42 Å². The lowest BCUT2D eigenvalue weighted by atomic mass is 10.00. The normalized spacial score (nSPS) is 20.9. The van der Waals surface area contributed by atoms with Crippen molar-refractivity contribution in [1.29, 1.82) is 0 Å². The van der Waals surface area contributed by atoms with E-state index in [2.05, 4.69) is 10.4 Å². The van der Waals surface area contributed by atoms with Crippen LogP contribution in [0.15, 0.2) is 17.3 Å². The second-order valence-electron chi connectivity index (χ2n) is 5.02. The SMILES string of the molecule is CCN(CC1CCCNC1)S(=O)(=O)c1cnn(C)c1. The van der Waals surface area contributed by atoms with Crippen LogP contribution in [0.3, 0.4) is 0 Å². The Morgan fingerprint density at radius 1 is 1.58 bits per heavy atom. The van der Waals surface area contributed by atoms with Crippen LogP contribution in [0.4, 0.5) is 0 Å². The number of aromatic nitrogens is 2. The van der Waals surface area contributed by atoms with E-state index < -0.39 is 10.0 Å². The van der Waals surface area contributed by atoms with Gasteiger partial charge in [-0.15, -0.1) is 0 Å². The van der Waals surface area contributed by atoms with E-state index in [1.54, 1.807) is 17.5 Å². The Kier molecular flexibility index (Phi) is 4.59. The molecule has 19 heavy (non-hydrogen) atoms. The fourth-order valence-corrected chi connectivity index (χ4v) is 3.96. The molecule has 108 valence electrons. The summed E-state index contributed by atoms with van der Waals surface area (Å²) in [5, 5.41) is 7.27. The van der Waals surface area contributed by atoms with Crippen molar-refractivity contribution in [2.45, 2.75) is 24.7 Å². The minimum atomic E-state index is -3.41. The summed E-state index contributed by atoms with van der Waals surface area (Å²) in [5.41, 5.74) is 0. The highest BCUT2D eigenvalue weighted by Crippen LogP contribution is 2.18. The summed E-state index contributed by atoms with van der Waals surface area (Å²) < 4.78 is 28.1. The molecule has 1 aliphatic heterocycles. The molecule has 1 N–H and O–H groups in total. The molecule has 0 aromatic carbocycles. The lowest BCUT2D eigenvalue weighted by Crippen LogP contribution is -2.40. The standard InChI is InChI=1S/C12H22N4O2S/c1-3-16(9-11-5-4-6-13-7-11)19(17,18)12-8-14-15(2)10-12/h8,10-11,13H,3-7,9H2,1-2H3. The fourth-order valence-electron chi connectivity index (χ4n) is 2.45. The van der Waals surface area contributed by atoms with Crippen LogP contribution in [-0.4, -0.2) is 48.7 Å². The van der Waals surface area contributed by atoms with Gasteiger partial charge in [0, 0.05) is 26.3 Å². The number of hydrogen-bond acceptors (Lipinski definition) is 4. The fraction of sp³-hybridized carbons (Fsp3) is 0.750. The summed E-state index contributed by atoms with van der Waals surface area (Å²) in [6.07, 6.45) is 5.18. The van der Waals surface area contributed by atoms with Gasteiger partial charge < -0.3 is 5.32 Å². The summed E-state index contributed by atoms with van der Waals surface area (Å²) >= 11 is 0. The monoisotopic (exact) mass is 286 g/mol. The Labute approximate surface area is 114 Å². The number of nitrogens with one attached hydrogen (secondary N) is 1. The van der Waals surface area contributed by atoms with Gasteiger partial charge in [-0.3, -0.25) is 4.68 Å². The Bertz CT molecular complexity index is 506. The third kappa shape index (κ3) is 3.34. The van der Waals surface area contributed by atoms with E-state index in [-0.39, 0.29) is 4.90 Å². The maximum atomic E-state index is 12.5. The zero-order chi connectivity index (χ0) is 13.9. The first kappa shape index (κ1) is 14.5. The first-order valence-corrected chi connectivity index (χ1v) is 8.17. The molecule has 1 aliphatic rings. The molecular weight excluding hydrogens is 264 g/mol. The van der Waals surface area contributed by atoms with Crippen LogP contribution in [-0.2, 0) is 17.1 Å². The Balaban J connectivity index is 2.11. The van der Waals surface area contributed by atoms with Crippen LogP contribution in [0.2, 0.25) is 0 Å². The topological polar surface area (TPSA) is 67.2 Å². The quantitative estimate of drug-likeness (QED) is 0.852. The zero-order valence-corrected chi connectivity index (χ0v) is 12.4. The van der Waals surface area contributed by atoms with Gasteiger partial charge in [-0.1, -0.05) is 6.92 Å². The third-order valence-electron chi connectivity index (χ3n) is 3.53. The van der Waals surface area contributed by atoms with Gasteiger partial charge in [0.1, 0.15) is 4.90 Å². The van der Waals surface area contributed by atoms with Crippen LogP contribution in [0.25, 0.3) is 0 Å². The van der Waals surface area contributed by atoms with Gasteiger partial charge in [0.25, 0.3) is 0 Å². The number of hydrogen-bond donors (Lipinski definition) is 1. The van der Waals surface area contributed by atoms with Crippen molar-refractivity contribution in [3.05, 3.63) is 12.4 Å². The van der Waals surface area contributed by atoms with Crippen LogP contribution in [0.1, 0.15) is 19.8 Å². The van der Waals surface area contributed by atoms with Crippen LogP contribution in [0.5, 0.6) is 0 Å². The number of sulfonamides is 1. The maximum Gasteiger partial charge on any atom is 0.246 e. The second-order valence-corrected chi connectivity index (χ2v) is 6.96. The predicted octanol–water partition coefficient (Wildman–Crippen LogP) is 0.430. The molecule has 7 heteroatoms. The van der Waals surface area contributed by atoms with Crippen molar-refractivity contribution in [2.75, 3.05) is 26.2 Å². The van der Waals surface area contributed by atoms with Crippen LogP contribution < -0.4 is 5.32 Å². The van der Waals surface area contributed by atoms with Gasteiger partial charge in [0.15, 0.2) is 0 Å². The number of rotatable bonds is 5. The summed E-state index contributed by atoms with van der Waals surface area (Å²) in [7, 11) is -1.68. The summed E-state index contributed by atoms with van der Waals surface area (Å²) in [6.45, 7) is 4.90. The average Bonchev–Trinajstić information content (AvgIpc) is 2.84. The van der Waals surface area contributed by atoms with Gasteiger partial charge in [0.2, 0.25) is 10.0 Å². The average molecular weight is 286 g/mol. The van der Waals surface area contributed by atoms with E-state index in [1.807, 2.05) is 6.92 Å². The van der Waals surface area contributed by atoms with E-state index in [0.29, 0.717) is 19.0 Å². The minimum Gasteiger partial charge on any atom is -0.316 e. The van der Waals surface area contributed by atoms with Crippen molar-refractivity contribution in [1.82, 2.24) is 19.4 Å². The van der Waals surface area contributed by atoms with E-state index >= 15 is 0 Å². The highest BCUT2D eigenvalue weighted by Gasteiger charge is 2.27. The molecule has 2 rings (SSSR count). The van der Waals surface area contributed by atoms with E-state index in [0.717, 1.165) is 25.9 Å². The van der Waals surface area contributed by atoms with Crippen LogP contribution >= 0.6 is 0 Å². The molecule has 1 aromatic heterocycles. The molecule has 1 unspecified atom stereocenters. The lowest BCUT2D eigenvalue weighted by Gasteiger charge is -2.28. The molecule has 0 aliphatic carbocycles. The minimum absolute atomic E-state index is 0.278. The van der Waals surface area contributed by atoms with Gasteiger partial charge in [-0.2, -0.15) is 9.40 Å². The number of piperidine rings is 1. The highest BCUT2D eigenvalue weighted by atomic mass is 32.2. The molecule has 1 aromatic rings. The smallest absolute Gasteiger partial charge is 0.246 e. The summed E-state index contributed by atoms with van der Waals surface area (Å²) in [5.74, 6) is 0.403. The lowest BCUT2D eigenvalue weighted by molar-refractivity contribution is 0.298. The number of nitrogens with zero attached hydrogens (tertiary/aromatic N) is 3. The number of aryl methyl sites for hydroxylation is 1.